The fraction of sp³-hybridized carbons (Fsp3) is 1.00. The van der Waals surface area contributed by atoms with Crippen molar-refractivity contribution in [2.24, 2.45) is 5.41 Å². The Labute approximate surface area is 87.5 Å². The van der Waals surface area contributed by atoms with E-state index in [1.807, 2.05) is 7.05 Å². The van der Waals surface area contributed by atoms with Crippen LogP contribution in [0.5, 0.6) is 0 Å². The van der Waals surface area contributed by atoms with Crippen molar-refractivity contribution in [1.29, 1.82) is 0 Å². The van der Waals surface area contributed by atoms with Gasteiger partial charge >= 0.3 is 0 Å². The molecular formula is C11H24N2O. The Hall–Kier alpha value is -0.120. The predicted molar refractivity (Wildman–Crippen MR) is 59.4 cm³/mol. The van der Waals surface area contributed by atoms with E-state index in [1.165, 1.54) is 0 Å². The van der Waals surface area contributed by atoms with Crippen LogP contribution in [0.1, 0.15) is 27.2 Å². The van der Waals surface area contributed by atoms with Crippen molar-refractivity contribution in [3.63, 3.8) is 0 Å². The van der Waals surface area contributed by atoms with E-state index >= 15 is 0 Å². The number of hydrogen-bond donors (Lipinski definition) is 2. The highest BCUT2D eigenvalue weighted by molar-refractivity contribution is 4.86. The van der Waals surface area contributed by atoms with E-state index in [9.17, 15) is 5.11 Å². The molecule has 3 heteroatoms. The molecule has 0 saturated carbocycles. The summed E-state index contributed by atoms with van der Waals surface area (Å²) in [5, 5.41) is 12.7. The highest BCUT2D eigenvalue weighted by Crippen LogP contribution is 2.24. The van der Waals surface area contributed by atoms with E-state index in [0.29, 0.717) is 6.04 Å². The molecular weight excluding hydrogens is 176 g/mol. The average molecular weight is 200 g/mol. The Morgan fingerprint density at radius 3 is 2.64 bits per heavy atom. The van der Waals surface area contributed by atoms with Crippen LogP contribution in [-0.2, 0) is 0 Å². The first-order valence-corrected chi connectivity index (χ1v) is 5.53. The van der Waals surface area contributed by atoms with Crippen LogP contribution in [0.2, 0.25) is 0 Å². The zero-order valence-corrected chi connectivity index (χ0v) is 9.88. The maximum atomic E-state index is 9.43. The van der Waals surface area contributed by atoms with Crippen molar-refractivity contribution in [2.45, 2.75) is 39.3 Å². The lowest BCUT2D eigenvalue weighted by Crippen LogP contribution is -2.45. The molecule has 2 atom stereocenters. The summed E-state index contributed by atoms with van der Waals surface area (Å²) in [5.41, 5.74) is 0.263. The maximum absolute atomic E-state index is 9.43. The van der Waals surface area contributed by atoms with Crippen LogP contribution in [0.15, 0.2) is 0 Å². The van der Waals surface area contributed by atoms with E-state index in [4.69, 9.17) is 0 Å². The molecule has 0 aromatic heterocycles. The third kappa shape index (κ3) is 2.94. The number of aliphatic hydroxyl groups excluding tert-OH is 1. The fourth-order valence-electron chi connectivity index (χ4n) is 2.06. The standard InChI is InChI=1S/C11H24N2O/c1-9(12-4)11(2,3)8-13-6-5-10(14)7-13/h9-10,12,14H,5-8H2,1-4H3. The van der Waals surface area contributed by atoms with Gasteiger partial charge in [-0.3, -0.25) is 0 Å². The third-order valence-electron chi connectivity index (χ3n) is 3.48. The number of likely N-dealkylation sites (tertiary alicyclic amines) is 1. The summed E-state index contributed by atoms with van der Waals surface area (Å²) < 4.78 is 0. The first-order valence-electron chi connectivity index (χ1n) is 5.53. The lowest BCUT2D eigenvalue weighted by Gasteiger charge is -2.35. The van der Waals surface area contributed by atoms with E-state index in [1.54, 1.807) is 0 Å². The predicted octanol–water partition coefficient (Wildman–Crippen LogP) is 0.687. The summed E-state index contributed by atoms with van der Waals surface area (Å²) in [4.78, 5) is 2.36. The van der Waals surface area contributed by atoms with Gasteiger partial charge in [-0.25, -0.2) is 0 Å². The number of aliphatic hydroxyl groups is 1. The number of β-amino-alcohol motifs (C(OH)–C–C–N with tert-alkyl or cyclic N) is 1. The topological polar surface area (TPSA) is 35.5 Å². The Kier molecular flexibility index (Phi) is 3.93. The zero-order chi connectivity index (χ0) is 10.8. The second-order valence-electron chi connectivity index (χ2n) is 5.18. The Morgan fingerprint density at radius 2 is 2.21 bits per heavy atom. The molecule has 2 N–H and O–H groups in total. The van der Waals surface area contributed by atoms with E-state index < -0.39 is 0 Å². The molecule has 0 bridgehead atoms. The van der Waals surface area contributed by atoms with Crippen molar-refractivity contribution < 1.29 is 5.11 Å². The second-order valence-corrected chi connectivity index (χ2v) is 5.18. The lowest BCUT2D eigenvalue weighted by molar-refractivity contribution is 0.138. The highest BCUT2D eigenvalue weighted by atomic mass is 16.3. The molecule has 1 aliphatic rings. The molecule has 2 unspecified atom stereocenters. The van der Waals surface area contributed by atoms with Crippen LogP contribution in [0.4, 0.5) is 0 Å². The largest absolute Gasteiger partial charge is 0.392 e. The Morgan fingerprint density at radius 1 is 1.57 bits per heavy atom. The van der Waals surface area contributed by atoms with Gasteiger partial charge in [-0.2, -0.15) is 0 Å². The zero-order valence-electron chi connectivity index (χ0n) is 9.88. The van der Waals surface area contributed by atoms with Crippen LogP contribution >= 0.6 is 0 Å². The normalized spacial score (nSPS) is 26.8. The molecule has 1 fully saturated rings. The van der Waals surface area contributed by atoms with Gasteiger partial charge in [0.05, 0.1) is 6.10 Å². The first-order chi connectivity index (χ1) is 6.45. The Bertz CT molecular complexity index is 182. The third-order valence-corrected chi connectivity index (χ3v) is 3.48. The smallest absolute Gasteiger partial charge is 0.0679 e. The molecule has 0 aromatic rings. The van der Waals surface area contributed by atoms with Gasteiger partial charge in [0.25, 0.3) is 0 Å². The Balaban J connectivity index is 2.42. The molecule has 1 heterocycles. The maximum Gasteiger partial charge on any atom is 0.0679 e. The minimum Gasteiger partial charge on any atom is -0.392 e. The molecule has 14 heavy (non-hydrogen) atoms. The molecule has 0 amide bonds. The van der Waals surface area contributed by atoms with Gasteiger partial charge in [-0.05, 0) is 25.8 Å². The van der Waals surface area contributed by atoms with Gasteiger partial charge < -0.3 is 15.3 Å². The summed E-state index contributed by atoms with van der Waals surface area (Å²) in [5.74, 6) is 0. The number of nitrogens with one attached hydrogen (secondary N) is 1. The van der Waals surface area contributed by atoms with Crippen molar-refractivity contribution in [3.8, 4) is 0 Å². The summed E-state index contributed by atoms with van der Waals surface area (Å²) in [6.07, 6.45) is 0.833. The van der Waals surface area contributed by atoms with Gasteiger partial charge in [-0.1, -0.05) is 13.8 Å². The van der Waals surface area contributed by atoms with Gasteiger partial charge in [0.1, 0.15) is 0 Å². The summed E-state index contributed by atoms with van der Waals surface area (Å²) in [6, 6.07) is 0.500. The number of nitrogens with zero attached hydrogens (tertiary/aromatic N) is 1. The van der Waals surface area contributed by atoms with Crippen molar-refractivity contribution >= 4 is 0 Å². The molecule has 0 spiro atoms. The first kappa shape index (κ1) is 12.0. The number of rotatable bonds is 4. The summed E-state index contributed by atoms with van der Waals surface area (Å²) in [6.45, 7) is 9.72. The number of hydrogen-bond acceptors (Lipinski definition) is 3. The van der Waals surface area contributed by atoms with Crippen LogP contribution < -0.4 is 5.32 Å². The van der Waals surface area contributed by atoms with Crippen LogP contribution in [-0.4, -0.2) is 48.8 Å². The minimum absolute atomic E-state index is 0.101. The lowest BCUT2D eigenvalue weighted by atomic mass is 9.85. The van der Waals surface area contributed by atoms with Crippen LogP contribution in [0, 0.1) is 5.41 Å². The molecule has 84 valence electrons. The van der Waals surface area contributed by atoms with Crippen LogP contribution in [0.25, 0.3) is 0 Å². The summed E-state index contributed by atoms with van der Waals surface area (Å²) >= 11 is 0. The van der Waals surface area contributed by atoms with Gasteiger partial charge in [0.15, 0.2) is 0 Å². The second kappa shape index (κ2) is 4.60. The monoisotopic (exact) mass is 200 g/mol. The summed E-state index contributed by atoms with van der Waals surface area (Å²) in [7, 11) is 2.01. The van der Waals surface area contributed by atoms with Crippen molar-refractivity contribution in [1.82, 2.24) is 10.2 Å². The quantitative estimate of drug-likeness (QED) is 0.701. The molecule has 3 nitrogen and oxygen atoms in total. The molecule has 1 aliphatic heterocycles. The van der Waals surface area contributed by atoms with Gasteiger partial charge in [0.2, 0.25) is 0 Å². The molecule has 0 aromatic carbocycles. The van der Waals surface area contributed by atoms with E-state index in [-0.39, 0.29) is 11.5 Å². The van der Waals surface area contributed by atoms with E-state index in [2.05, 4.69) is 31.0 Å². The average Bonchev–Trinajstić information content (AvgIpc) is 2.48. The SMILES string of the molecule is CNC(C)C(C)(C)CN1CCC(O)C1. The van der Waals surface area contributed by atoms with Crippen LogP contribution in [0.3, 0.4) is 0 Å². The minimum atomic E-state index is -0.101. The van der Waals surface area contributed by atoms with E-state index in [0.717, 1.165) is 26.1 Å². The van der Waals surface area contributed by atoms with Gasteiger partial charge in [-0.15, -0.1) is 0 Å². The van der Waals surface area contributed by atoms with Crippen molar-refractivity contribution in [2.75, 3.05) is 26.7 Å². The fourth-order valence-corrected chi connectivity index (χ4v) is 2.06. The van der Waals surface area contributed by atoms with Gasteiger partial charge in [0, 0.05) is 25.7 Å². The van der Waals surface area contributed by atoms with Crippen molar-refractivity contribution in [3.05, 3.63) is 0 Å². The molecule has 1 rings (SSSR count). The molecule has 0 radical (unpaired) electrons. The molecule has 1 saturated heterocycles. The highest BCUT2D eigenvalue weighted by Gasteiger charge is 2.30. The molecule has 0 aliphatic carbocycles.